The first-order valence-corrected chi connectivity index (χ1v) is 9.13. The SMILES string of the molecule is C/C(=N/NC(=O)CCN1CCN(c2ccccc2)CC1)c1ccccc1. The van der Waals surface area contributed by atoms with Crippen LogP contribution < -0.4 is 10.3 Å². The van der Waals surface area contributed by atoms with Crippen molar-refractivity contribution in [3.8, 4) is 0 Å². The average molecular weight is 350 g/mol. The van der Waals surface area contributed by atoms with Crippen LogP contribution >= 0.6 is 0 Å². The summed E-state index contributed by atoms with van der Waals surface area (Å²) in [4.78, 5) is 16.8. The summed E-state index contributed by atoms with van der Waals surface area (Å²) in [5.41, 5.74) is 5.77. The van der Waals surface area contributed by atoms with E-state index < -0.39 is 0 Å². The number of carbonyl (C=O) groups is 1. The molecule has 0 radical (unpaired) electrons. The molecule has 1 heterocycles. The lowest BCUT2D eigenvalue weighted by Gasteiger charge is -2.36. The molecule has 1 saturated heterocycles. The average Bonchev–Trinajstić information content (AvgIpc) is 2.72. The Morgan fingerprint density at radius 3 is 2.23 bits per heavy atom. The monoisotopic (exact) mass is 350 g/mol. The van der Waals surface area contributed by atoms with Crippen LogP contribution in [0.2, 0.25) is 0 Å². The predicted molar refractivity (Wildman–Crippen MR) is 107 cm³/mol. The molecule has 2 aromatic rings. The maximum Gasteiger partial charge on any atom is 0.241 e. The number of carbonyl (C=O) groups excluding carboxylic acids is 1. The topological polar surface area (TPSA) is 47.9 Å². The Bertz CT molecular complexity index is 722. The lowest BCUT2D eigenvalue weighted by atomic mass is 10.1. The van der Waals surface area contributed by atoms with E-state index in [4.69, 9.17) is 0 Å². The summed E-state index contributed by atoms with van der Waals surface area (Å²) in [6.07, 6.45) is 0.469. The summed E-state index contributed by atoms with van der Waals surface area (Å²) < 4.78 is 0. The number of nitrogens with zero attached hydrogens (tertiary/aromatic N) is 3. The van der Waals surface area contributed by atoms with E-state index in [1.807, 2.05) is 43.3 Å². The van der Waals surface area contributed by atoms with Crippen LogP contribution in [0.15, 0.2) is 65.8 Å². The van der Waals surface area contributed by atoms with Crippen LogP contribution in [0.4, 0.5) is 5.69 Å². The van der Waals surface area contributed by atoms with Crippen molar-refractivity contribution in [1.29, 1.82) is 0 Å². The summed E-state index contributed by atoms with van der Waals surface area (Å²) >= 11 is 0. The molecule has 5 heteroatoms. The fourth-order valence-corrected chi connectivity index (χ4v) is 3.07. The molecule has 2 aromatic carbocycles. The zero-order valence-electron chi connectivity index (χ0n) is 15.3. The van der Waals surface area contributed by atoms with Gasteiger partial charge in [0, 0.05) is 44.8 Å². The summed E-state index contributed by atoms with van der Waals surface area (Å²) in [5, 5.41) is 4.20. The summed E-state index contributed by atoms with van der Waals surface area (Å²) in [6.45, 7) is 6.63. The number of hydrogen-bond donors (Lipinski definition) is 1. The Kier molecular flexibility index (Phi) is 6.39. The Morgan fingerprint density at radius 1 is 0.962 bits per heavy atom. The van der Waals surface area contributed by atoms with Gasteiger partial charge in [0.05, 0.1) is 5.71 Å². The quantitative estimate of drug-likeness (QED) is 0.644. The van der Waals surface area contributed by atoms with Crippen molar-refractivity contribution in [2.24, 2.45) is 5.10 Å². The molecule has 0 unspecified atom stereocenters. The zero-order chi connectivity index (χ0) is 18.2. The number of nitrogens with one attached hydrogen (secondary N) is 1. The van der Waals surface area contributed by atoms with E-state index in [9.17, 15) is 4.79 Å². The molecule has 1 amide bonds. The van der Waals surface area contributed by atoms with Crippen LogP contribution in [0.3, 0.4) is 0 Å². The molecule has 0 aliphatic carbocycles. The van der Waals surface area contributed by atoms with E-state index in [-0.39, 0.29) is 5.91 Å². The standard InChI is InChI=1S/C21H26N4O/c1-18(19-8-4-2-5-9-19)22-23-21(26)12-13-24-14-16-25(17-15-24)20-10-6-3-7-11-20/h2-11H,12-17H2,1H3,(H,23,26)/b22-18-. The molecular formula is C21H26N4O. The molecule has 0 atom stereocenters. The maximum absolute atomic E-state index is 12.1. The fraction of sp³-hybridized carbons (Fsp3) is 0.333. The van der Waals surface area contributed by atoms with Crippen molar-refractivity contribution in [3.63, 3.8) is 0 Å². The van der Waals surface area contributed by atoms with Gasteiger partial charge in [-0.2, -0.15) is 5.10 Å². The summed E-state index contributed by atoms with van der Waals surface area (Å²) in [7, 11) is 0. The Hall–Kier alpha value is -2.66. The normalized spacial score (nSPS) is 15.7. The molecule has 5 nitrogen and oxygen atoms in total. The Labute approximate surface area is 155 Å². The second kappa shape index (κ2) is 9.15. The molecule has 1 aliphatic heterocycles. The number of hydrazone groups is 1. The van der Waals surface area contributed by atoms with Crippen LogP contribution in [0, 0.1) is 0 Å². The van der Waals surface area contributed by atoms with E-state index in [1.165, 1.54) is 5.69 Å². The van der Waals surface area contributed by atoms with Gasteiger partial charge in [0.1, 0.15) is 0 Å². The maximum atomic E-state index is 12.1. The number of piperazine rings is 1. The number of rotatable bonds is 6. The molecule has 1 N–H and O–H groups in total. The molecule has 0 saturated carbocycles. The van der Waals surface area contributed by atoms with Gasteiger partial charge >= 0.3 is 0 Å². The van der Waals surface area contributed by atoms with E-state index in [2.05, 4.69) is 44.6 Å². The van der Waals surface area contributed by atoms with Gasteiger partial charge in [-0.1, -0.05) is 48.5 Å². The van der Waals surface area contributed by atoms with E-state index >= 15 is 0 Å². The van der Waals surface area contributed by atoms with Crippen LogP contribution in [0.1, 0.15) is 18.9 Å². The highest BCUT2D eigenvalue weighted by Crippen LogP contribution is 2.15. The van der Waals surface area contributed by atoms with Crippen molar-refractivity contribution >= 4 is 17.3 Å². The van der Waals surface area contributed by atoms with Gasteiger partial charge in [-0.15, -0.1) is 0 Å². The van der Waals surface area contributed by atoms with E-state index in [0.29, 0.717) is 6.42 Å². The molecule has 0 aromatic heterocycles. The van der Waals surface area contributed by atoms with E-state index in [1.54, 1.807) is 0 Å². The van der Waals surface area contributed by atoms with Crippen LogP contribution in [-0.2, 0) is 4.79 Å². The van der Waals surface area contributed by atoms with Crippen molar-refractivity contribution < 1.29 is 4.79 Å². The lowest BCUT2D eigenvalue weighted by molar-refractivity contribution is -0.121. The lowest BCUT2D eigenvalue weighted by Crippen LogP contribution is -2.47. The van der Waals surface area contributed by atoms with Gasteiger partial charge in [0.25, 0.3) is 0 Å². The largest absolute Gasteiger partial charge is 0.369 e. The van der Waals surface area contributed by atoms with Crippen molar-refractivity contribution in [1.82, 2.24) is 10.3 Å². The first-order chi connectivity index (χ1) is 12.7. The highest BCUT2D eigenvalue weighted by atomic mass is 16.2. The highest BCUT2D eigenvalue weighted by Gasteiger charge is 2.17. The second-order valence-corrected chi connectivity index (χ2v) is 6.51. The Balaban J connectivity index is 1.39. The van der Waals surface area contributed by atoms with Gasteiger partial charge in [-0.3, -0.25) is 9.69 Å². The highest BCUT2D eigenvalue weighted by molar-refractivity contribution is 5.99. The van der Waals surface area contributed by atoms with Crippen LogP contribution in [-0.4, -0.2) is 49.2 Å². The first kappa shape index (κ1) is 18.1. The third kappa shape index (κ3) is 5.17. The molecule has 26 heavy (non-hydrogen) atoms. The zero-order valence-corrected chi connectivity index (χ0v) is 15.3. The smallest absolute Gasteiger partial charge is 0.241 e. The third-order valence-corrected chi connectivity index (χ3v) is 4.69. The molecule has 136 valence electrons. The minimum absolute atomic E-state index is 0.0363. The van der Waals surface area contributed by atoms with Crippen molar-refractivity contribution in [3.05, 3.63) is 66.2 Å². The second-order valence-electron chi connectivity index (χ2n) is 6.51. The van der Waals surface area contributed by atoms with E-state index in [0.717, 1.165) is 44.0 Å². The number of benzene rings is 2. The van der Waals surface area contributed by atoms with Gasteiger partial charge in [0.15, 0.2) is 0 Å². The third-order valence-electron chi connectivity index (χ3n) is 4.69. The van der Waals surface area contributed by atoms with Gasteiger partial charge in [0.2, 0.25) is 5.91 Å². The van der Waals surface area contributed by atoms with Gasteiger partial charge in [-0.05, 0) is 24.6 Å². The molecule has 3 rings (SSSR count). The van der Waals surface area contributed by atoms with Gasteiger partial charge in [-0.25, -0.2) is 5.43 Å². The van der Waals surface area contributed by atoms with Crippen LogP contribution in [0.25, 0.3) is 0 Å². The summed E-state index contributed by atoms with van der Waals surface area (Å²) in [5.74, 6) is -0.0363. The van der Waals surface area contributed by atoms with Crippen LogP contribution in [0.5, 0.6) is 0 Å². The molecular weight excluding hydrogens is 324 g/mol. The minimum Gasteiger partial charge on any atom is -0.369 e. The first-order valence-electron chi connectivity index (χ1n) is 9.13. The predicted octanol–water partition coefficient (Wildman–Crippen LogP) is 2.74. The van der Waals surface area contributed by atoms with Gasteiger partial charge < -0.3 is 4.90 Å². The number of para-hydroxylation sites is 1. The number of amides is 1. The number of hydrogen-bond acceptors (Lipinski definition) is 4. The molecule has 0 bridgehead atoms. The van der Waals surface area contributed by atoms with Crippen molar-refractivity contribution in [2.75, 3.05) is 37.6 Å². The fourth-order valence-electron chi connectivity index (χ4n) is 3.07. The Morgan fingerprint density at radius 2 is 1.58 bits per heavy atom. The molecule has 1 aliphatic rings. The minimum atomic E-state index is -0.0363. The molecule has 1 fully saturated rings. The van der Waals surface area contributed by atoms with Crippen molar-refractivity contribution in [2.45, 2.75) is 13.3 Å². The molecule has 0 spiro atoms. The summed E-state index contributed by atoms with van der Waals surface area (Å²) in [6, 6.07) is 20.3. The number of anilines is 1.